The van der Waals surface area contributed by atoms with Gasteiger partial charge in [0, 0.05) is 12.2 Å². The van der Waals surface area contributed by atoms with Gasteiger partial charge in [-0.05, 0) is 49.4 Å². The maximum absolute atomic E-state index is 10.0. The van der Waals surface area contributed by atoms with Crippen molar-refractivity contribution in [1.82, 2.24) is 0 Å². The van der Waals surface area contributed by atoms with E-state index in [9.17, 15) is 5.11 Å². The van der Waals surface area contributed by atoms with E-state index >= 15 is 0 Å². The van der Waals surface area contributed by atoms with Crippen LogP contribution in [0, 0.1) is 19.8 Å². The Hall–Kier alpha value is -1.02. The van der Waals surface area contributed by atoms with Gasteiger partial charge in [0.15, 0.2) is 0 Å². The molecule has 0 saturated heterocycles. The van der Waals surface area contributed by atoms with E-state index in [0.29, 0.717) is 6.54 Å². The fraction of sp³-hybridized carbons (Fsp3) is 0.625. The monoisotopic (exact) mass is 247 g/mol. The molecule has 1 aromatic rings. The molecule has 2 nitrogen and oxygen atoms in total. The first kappa shape index (κ1) is 13.4. The predicted molar refractivity (Wildman–Crippen MR) is 77.0 cm³/mol. The van der Waals surface area contributed by atoms with Gasteiger partial charge in [-0.3, -0.25) is 0 Å². The van der Waals surface area contributed by atoms with Gasteiger partial charge in [-0.15, -0.1) is 0 Å². The maximum Gasteiger partial charge on any atom is 0.0715 e. The molecule has 1 aliphatic carbocycles. The van der Waals surface area contributed by atoms with Crippen LogP contribution in [0.5, 0.6) is 0 Å². The van der Waals surface area contributed by atoms with Crippen molar-refractivity contribution >= 4 is 5.69 Å². The molecule has 1 saturated carbocycles. The summed E-state index contributed by atoms with van der Waals surface area (Å²) < 4.78 is 0. The molecule has 1 aromatic carbocycles. The molecular formula is C16H25NO. The van der Waals surface area contributed by atoms with Crippen LogP contribution in [0.3, 0.4) is 0 Å². The van der Waals surface area contributed by atoms with Gasteiger partial charge < -0.3 is 10.4 Å². The molecule has 0 aromatic heterocycles. The molecule has 0 radical (unpaired) electrons. The highest BCUT2D eigenvalue weighted by molar-refractivity contribution is 5.48. The lowest BCUT2D eigenvalue weighted by molar-refractivity contribution is 0.155. The van der Waals surface area contributed by atoms with E-state index in [4.69, 9.17) is 0 Å². The third kappa shape index (κ3) is 4.02. The van der Waals surface area contributed by atoms with Crippen LogP contribution in [0.1, 0.15) is 43.2 Å². The Balaban J connectivity index is 1.79. The lowest BCUT2D eigenvalue weighted by atomic mass is 10.00. The molecule has 0 aliphatic heterocycles. The Bertz CT molecular complexity index is 362. The summed E-state index contributed by atoms with van der Waals surface area (Å²) in [6.07, 6.45) is 6.05. The molecule has 2 heteroatoms. The molecule has 2 N–H and O–H groups in total. The van der Waals surface area contributed by atoms with Crippen molar-refractivity contribution in [3.05, 3.63) is 29.3 Å². The molecule has 0 amide bonds. The van der Waals surface area contributed by atoms with E-state index in [0.717, 1.165) is 18.0 Å². The Labute approximate surface area is 110 Å². The second-order valence-electron chi connectivity index (χ2n) is 5.80. The topological polar surface area (TPSA) is 32.3 Å². The summed E-state index contributed by atoms with van der Waals surface area (Å²) in [6, 6.07) is 6.44. The summed E-state index contributed by atoms with van der Waals surface area (Å²) in [5.41, 5.74) is 3.66. The number of rotatable bonds is 5. The summed E-state index contributed by atoms with van der Waals surface area (Å²) in [7, 11) is 0. The molecule has 1 aliphatic rings. The number of hydrogen-bond acceptors (Lipinski definition) is 2. The SMILES string of the molecule is Cc1cc(C)cc(NCC(O)CC2CCCC2)c1. The number of aliphatic hydroxyl groups excluding tert-OH is 1. The number of nitrogens with one attached hydrogen (secondary N) is 1. The van der Waals surface area contributed by atoms with E-state index in [1.165, 1.54) is 36.8 Å². The van der Waals surface area contributed by atoms with Crippen LogP contribution in [0.15, 0.2) is 18.2 Å². The summed E-state index contributed by atoms with van der Waals surface area (Å²) >= 11 is 0. The zero-order chi connectivity index (χ0) is 13.0. The van der Waals surface area contributed by atoms with E-state index in [1.807, 2.05) is 0 Å². The number of aryl methyl sites for hydroxylation is 2. The summed E-state index contributed by atoms with van der Waals surface area (Å²) in [5.74, 6) is 0.751. The molecule has 0 heterocycles. The Kier molecular flexibility index (Phi) is 4.65. The minimum Gasteiger partial charge on any atom is -0.391 e. The average molecular weight is 247 g/mol. The molecule has 1 atom stereocenters. The molecule has 1 unspecified atom stereocenters. The van der Waals surface area contributed by atoms with Gasteiger partial charge in [-0.2, -0.15) is 0 Å². The van der Waals surface area contributed by atoms with E-state index in [2.05, 4.69) is 37.4 Å². The predicted octanol–water partition coefficient (Wildman–Crippen LogP) is 3.66. The van der Waals surface area contributed by atoms with Gasteiger partial charge in [-0.1, -0.05) is 31.7 Å². The zero-order valence-electron chi connectivity index (χ0n) is 11.6. The van der Waals surface area contributed by atoms with Crippen molar-refractivity contribution < 1.29 is 5.11 Å². The molecule has 18 heavy (non-hydrogen) atoms. The van der Waals surface area contributed by atoms with Crippen LogP contribution in [-0.2, 0) is 0 Å². The smallest absolute Gasteiger partial charge is 0.0715 e. The van der Waals surface area contributed by atoms with E-state index in [1.54, 1.807) is 0 Å². The number of aliphatic hydroxyl groups is 1. The molecule has 100 valence electrons. The highest BCUT2D eigenvalue weighted by atomic mass is 16.3. The first-order valence-electron chi connectivity index (χ1n) is 7.14. The minimum absolute atomic E-state index is 0.214. The number of hydrogen-bond donors (Lipinski definition) is 2. The zero-order valence-corrected chi connectivity index (χ0v) is 11.6. The van der Waals surface area contributed by atoms with Crippen molar-refractivity contribution in [3.8, 4) is 0 Å². The molecule has 1 fully saturated rings. The minimum atomic E-state index is -0.214. The second kappa shape index (κ2) is 6.24. The summed E-state index contributed by atoms with van der Waals surface area (Å²) in [4.78, 5) is 0. The van der Waals surface area contributed by atoms with Gasteiger partial charge in [0.05, 0.1) is 6.10 Å². The van der Waals surface area contributed by atoms with Gasteiger partial charge in [0.2, 0.25) is 0 Å². The average Bonchev–Trinajstić information content (AvgIpc) is 2.78. The van der Waals surface area contributed by atoms with Gasteiger partial charge in [-0.25, -0.2) is 0 Å². The number of benzene rings is 1. The van der Waals surface area contributed by atoms with Gasteiger partial charge in [0.25, 0.3) is 0 Å². The maximum atomic E-state index is 10.0. The van der Waals surface area contributed by atoms with Crippen molar-refractivity contribution in [2.45, 2.75) is 52.1 Å². The van der Waals surface area contributed by atoms with Crippen LogP contribution < -0.4 is 5.32 Å². The molecular weight excluding hydrogens is 222 g/mol. The van der Waals surface area contributed by atoms with Crippen molar-refractivity contribution in [2.75, 3.05) is 11.9 Å². The lowest BCUT2D eigenvalue weighted by Crippen LogP contribution is -2.22. The van der Waals surface area contributed by atoms with Crippen LogP contribution >= 0.6 is 0 Å². The van der Waals surface area contributed by atoms with Crippen LogP contribution in [-0.4, -0.2) is 17.8 Å². The van der Waals surface area contributed by atoms with E-state index < -0.39 is 0 Å². The first-order valence-corrected chi connectivity index (χ1v) is 7.14. The van der Waals surface area contributed by atoms with Crippen LogP contribution in [0.25, 0.3) is 0 Å². The van der Waals surface area contributed by atoms with Gasteiger partial charge in [0.1, 0.15) is 0 Å². The van der Waals surface area contributed by atoms with Crippen molar-refractivity contribution in [2.24, 2.45) is 5.92 Å². The largest absolute Gasteiger partial charge is 0.391 e. The first-order chi connectivity index (χ1) is 8.63. The Morgan fingerprint density at radius 1 is 1.17 bits per heavy atom. The Morgan fingerprint density at radius 3 is 2.39 bits per heavy atom. The summed E-state index contributed by atoms with van der Waals surface area (Å²) in [5, 5.41) is 13.4. The fourth-order valence-electron chi connectivity index (χ4n) is 3.03. The second-order valence-corrected chi connectivity index (χ2v) is 5.80. The van der Waals surface area contributed by atoms with Crippen LogP contribution in [0.2, 0.25) is 0 Å². The normalized spacial score (nSPS) is 17.9. The lowest BCUT2D eigenvalue weighted by Gasteiger charge is -2.17. The Morgan fingerprint density at radius 2 is 1.78 bits per heavy atom. The quantitative estimate of drug-likeness (QED) is 0.832. The molecule has 0 bridgehead atoms. The molecule has 2 rings (SSSR count). The third-order valence-corrected chi connectivity index (χ3v) is 3.84. The van der Waals surface area contributed by atoms with Crippen molar-refractivity contribution in [1.29, 1.82) is 0 Å². The van der Waals surface area contributed by atoms with Crippen LogP contribution in [0.4, 0.5) is 5.69 Å². The van der Waals surface area contributed by atoms with Gasteiger partial charge >= 0.3 is 0 Å². The van der Waals surface area contributed by atoms with E-state index in [-0.39, 0.29) is 6.10 Å². The third-order valence-electron chi connectivity index (χ3n) is 3.84. The summed E-state index contributed by atoms with van der Waals surface area (Å²) in [6.45, 7) is 4.87. The number of anilines is 1. The fourth-order valence-corrected chi connectivity index (χ4v) is 3.03. The standard InChI is InChI=1S/C16H25NO/c1-12-7-13(2)9-15(8-12)17-11-16(18)10-14-5-3-4-6-14/h7-9,14,16-18H,3-6,10-11H2,1-2H3. The van der Waals surface area contributed by atoms with Crippen molar-refractivity contribution in [3.63, 3.8) is 0 Å². The highest BCUT2D eigenvalue weighted by Crippen LogP contribution is 2.28. The highest BCUT2D eigenvalue weighted by Gasteiger charge is 2.18. The molecule has 0 spiro atoms.